The molecule has 0 amide bonds. The van der Waals surface area contributed by atoms with Crippen molar-refractivity contribution in [2.45, 2.75) is 19.5 Å². The average Bonchev–Trinajstić information content (AvgIpc) is 2.08. The monoisotopic (exact) mass is 219 g/mol. The predicted molar refractivity (Wildman–Crippen MR) is 51.9 cm³/mol. The zero-order valence-electron chi connectivity index (χ0n) is 8.48. The maximum atomic E-state index is 12.2. The van der Waals surface area contributed by atoms with Crippen LogP contribution in [0.5, 0.6) is 5.75 Å². The fraction of sp³-hybridized carbons (Fsp3) is 0.400. The second-order valence-electron chi connectivity index (χ2n) is 3.31. The summed E-state index contributed by atoms with van der Waals surface area (Å²) in [4.78, 5) is 0. The van der Waals surface area contributed by atoms with Crippen molar-refractivity contribution >= 4 is 5.69 Å². The third-order valence-electron chi connectivity index (χ3n) is 2.06. The zero-order chi connectivity index (χ0) is 11.6. The molecule has 0 aliphatic heterocycles. The van der Waals surface area contributed by atoms with Gasteiger partial charge in [0.1, 0.15) is 5.75 Å². The number of rotatable bonds is 2. The molecule has 0 saturated heterocycles. The minimum absolute atomic E-state index is 0.108. The number of alkyl halides is 3. The second-order valence-corrected chi connectivity index (χ2v) is 3.31. The van der Waals surface area contributed by atoms with E-state index in [-0.39, 0.29) is 11.3 Å². The lowest BCUT2D eigenvalue weighted by atomic mass is 10.1. The van der Waals surface area contributed by atoms with Gasteiger partial charge in [-0.25, -0.2) is 0 Å². The molecule has 0 bridgehead atoms. The van der Waals surface area contributed by atoms with Crippen LogP contribution in [0.1, 0.15) is 11.1 Å². The molecule has 0 unspecified atom stereocenters. The van der Waals surface area contributed by atoms with Gasteiger partial charge in [0, 0.05) is 17.3 Å². The van der Waals surface area contributed by atoms with Gasteiger partial charge >= 0.3 is 6.18 Å². The molecule has 0 radical (unpaired) electrons. The van der Waals surface area contributed by atoms with Crippen molar-refractivity contribution in [2.24, 2.45) is 0 Å². The number of hydrogen-bond acceptors (Lipinski definition) is 2. The van der Waals surface area contributed by atoms with Crippen LogP contribution in [0.25, 0.3) is 0 Å². The molecule has 0 aliphatic carbocycles. The minimum atomic E-state index is -4.24. The molecule has 0 aliphatic rings. The van der Waals surface area contributed by atoms with E-state index >= 15 is 0 Å². The van der Waals surface area contributed by atoms with Crippen LogP contribution in [0.2, 0.25) is 0 Å². The van der Waals surface area contributed by atoms with Crippen molar-refractivity contribution in [2.75, 3.05) is 12.8 Å². The molecule has 5 heteroatoms. The third-order valence-corrected chi connectivity index (χ3v) is 2.06. The standard InChI is InChI=1S/C10H12F3NO/c1-6-3-7(5-10(11,12)13)9(15-2)4-8(6)14/h3-4H,5,14H2,1-2H3. The van der Waals surface area contributed by atoms with Gasteiger partial charge in [0.25, 0.3) is 0 Å². The van der Waals surface area contributed by atoms with Gasteiger partial charge in [-0.3, -0.25) is 0 Å². The van der Waals surface area contributed by atoms with Crippen LogP contribution in [0.3, 0.4) is 0 Å². The first-order valence-electron chi connectivity index (χ1n) is 4.33. The molecular weight excluding hydrogens is 207 g/mol. The fourth-order valence-electron chi connectivity index (χ4n) is 1.31. The molecule has 0 heterocycles. The number of nitrogens with two attached hydrogens (primary N) is 1. The quantitative estimate of drug-likeness (QED) is 0.776. The Morgan fingerprint density at radius 1 is 1.33 bits per heavy atom. The van der Waals surface area contributed by atoms with Crippen LogP contribution in [0, 0.1) is 6.92 Å². The van der Waals surface area contributed by atoms with Gasteiger partial charge in [-0.05, 0) is 12.5 Å². The molecule has 2 N–H and O–H groups in total. The molecule has 1 rings (SSSR count). The van der Waals surface area contributed by atoms with Crippen molar-refractivity contribution in [1.29, 1.82) is 0 Å². The molecule has 2 nitrogen and oxygen atoms in total. The highest BCUT2D eigenvalue weighted by molar-refractivity contribution is 5.54. The van der Waals surface area contributed by atoms with Crippen LogP contribution < -0.4 is 10.5 Å². The Labute approximate surface area is 85.8 Å². The van der Waals surface area contributed by atoms with Crippen LogP contribution in [0.4, 0.5) is 18.9 Å². The normalized spacial score (nSPS) is 11.5. The molecule has 0 fully saturated rings. The lowest BCUT2D eigenvalue weighted by molar-refractivity contribution is -0.127. The topological polar surface area (TPSA) is 35.2 Å². The number of halogens is 3. The number of nitrogen functional groups attached to an aromatic ring is 1. The summed E-state index contributed by atoms with van der Waals surface area (Å²) >= 11 is 0. The highest BCUT2D eigenvalue weighted by Crippen LogP contribution is 2.30. The maximum absolute atomic E-state index is 12.2. The first-order valence-corrected chi connectivity index (χ1v) is 4.33. The lowest BCUT2D eigenvalue weighted by Gasteiger charge is -2.13. The van der Waals surface area contributed by atoms with E-state index in [1.807, 2.05) is 0 Å². The number of ether oxygens (including phenoxy) is 1. The highest BCUT2D eigenvalue weighted by atomic mass is 19.4. The largest absolute Gasteiger partial charge is 0.496 e. The van der Waals surface area contributed by atoms with E-state index in [1.165, 1.54) is 19.2 Å². The maximum Gasteiger partial charge on any atom is 0.393 e. The van der Waals surface area contributed by atoms with E-state index in [1.54, 1.807) is 6.92 Å². The van der Waals surface area contributed by atoms with Gasteiger partial charge < -0.3 is 10.5 Å². The summed E-state index contributed by atoms with van der Waals surface area (Å²) in [6.45, 7) is 1.66. The first-order chi connectivity index (χ1) is 6.83. The molecule has 15 heavy (non-hydrogen) atoms. The average molecular weight is 219 g/mol. The summed E-state index contributed by atoms with van der Waals surface area (Å²) in [6, 6.07) is 2.82. The first kappa shape index (κ1) is 11.7. The number of benzene rings is 1. The lowest BCUT2D eigenvalue weighted by Crippen LogP contribution is -2.13. The van der Waals surface area contributed by atoms with Crippen LogP contribution in [-0.2, 0) is 6.42 Å². The summed E-state index contributed by atoms with van der Waals surface area (Å²) in [6.07, 6.45) is -5.24. The van der Waals surface area contributed by atoms with Gasteiger partial charge in [-0.2, -0.15) is 13.2 Å². The summed E-state index contributed by atoms with van der Waals surface area (Å²) in [5, 5.41) is 0. The molecule has 84 valence electrons. The number of methoxy groups -OCH3 is 1. The van der Waals surface area contributed by atoms with E-state index in [4.69, 9.17) is 10.5 Å². The zero-order valence-corrected chi connectivity index (χ0v) is 8.48. The highest BCUT2D eigenvalue weighted by Gasteiger charge is 2.29. The number of aryl methyl sites for hydroxylation is 1. The fourth-order valence-corrected chi connectivity index (χ4v) is 1.31. The molecular formula is C10H12F3NO. The molecule has 0 aromatic heterocycles. The van der Waals surface area contributed by atoms with E-state index < -0.39 is 12.6 Å². The Morgan fingerprint density at radius 3 is 2.40 bits per heavy atom. The second kappa shape index (κ2) is 4.00. The SMILES string of the molecule is COc1cc(N)c(C)cc1CC(F)(F)F. The smallest absolute Gasteiger partial charge is 0.393 e. The number of anilines is 1. The van der Waals surface area contributed by atoms with E-state index in [9.17, 15) is 13.2 Å². The Kier molecular flexibility index (Phi) is 3.12. The van der Waals surface area contributed by atoms with Crippen LogP contribution >= 0.6 is 0 Å². The van der Waals surface area contributed by atoms with Crippen LogP contribution in [-0.4, -0.2) is 13.3 Å². The molecule has 0 saturated carbocycles. The molecule has 1 aromatic carbocycles. The van der Waals surface area contributed by atoms with Crippen molar-refractivity contribution in [3.63, 3.8) is 0 Å². The Hall–Kier alpha value is -1.39. The molecule has 1 aromatic rings. The van der Waals surface area contributed by atoms with Gasteiger partial charge in [0.05, 0.1) is 13.5 Å². The third kappa shape index (κ3) is 3.04. The Morgan fingerprint density at radius 2 is 1.93 bits per heavy atom. The summed E-state index contributed by atoms with van der Waals surface area (Å²) < 4.78 is 41.5. The predicted octanol–water partition coefficient (Wildman–Crippen LogP) is 2.69. The Bertz CT molecular complexity index is 360. The van der Waals surface area contributed by atoms with Gasteiger partial charge in [0.2, 0.25) is 0 Å². The van der Waals surface area contributed by atoms with Crippen molar-refractivity contribution in [1.82, 2.24) is 0 Å². The van der Waals surface area contributed by atoms with Crippen molar-refractivity contribution in [3.8, 4) is 5.75 Å². The van der Waals surface area contributed by atoms with E-state index in [0.29, 0.717) is 11.3 Å². The Balaban J connectivity index is 3.11. The summed E-state index contributed by atoms with van der Waals surface area (Å²) in [7, 11) is 1.32. The summed E-state index contributed by atoms with van der Waals surface area (Å²) in [5.41, 5.74) is 6.72. The molecule has 0 spiro atoms. The minimum Gasteiger partial charge on any atom is -0.496 e. The number of hydrogen-bond donors (Lipinski definition) is 1. The summed E-state index contributed by atoms with van der Waals surface area (Å²) in [5.74, 6) is 0.176. The van der Waals surface area contributed by atoms with Crippen molar-refractivity contribution < 1.29 is 17.9 Å². The van der Waals surface area contributed by atoms with E-state index in [0.717, 1.165) is 0 Å². The van der Waals surface area contributed by atoms with Gasteiger partial charge in [-0.1, -0.05) is 6.07 Å². The van der Waals surface area contributed by atoms with Crippen molar-refractivity contribution in [3.05, 3.63) is 23.3 Å². The van der Waals surface area contributed by atoms with Gasteiger partial charge in [0.15, 0.2) is 0 Å². The van der Waals surface area contributed by atoms with Gasteiger partial charge in [-0.15, -0.1) is 0 Å². The van der Waals surface area contributed by atoms with Crippen LogP contribution in [0.15, 0.2) is 12.1 Å². The molecule has 0 atom stereocenters. The van der Waals surface area contributed by atoms with E-state index in [2.05, 4.69) is 0 Å².